The zero-order chi connectivity index (χ0) is 25.1. The summed E-state index contributed by atoms with van der Waals surface area (Å²) in [6.07, 6.45) is -0.410. The van der Waals surface area contributed by atoms with Crippen LogP contribution in [0.4, 0.5) is 0 Å². The summed E-state index contributed by atoms with van der Waals surface area (Å²) in [7, 11) is 0. The van der Waals surface area contributed by atoms with Gasteiger partial charge in [0, 0.05) is 5.75 Å². The molecule has 0 saturated carbocycles. The number of amides is 2. The Balaban J connectivity index is 1.32. The Morgan fingerprint density at radius 3 is 2.08 bits per heavy atom. The summed E-state index contributed by atoms with van der Waals surface area (Å²) in [5.41, 5.74) is 3.62. The molecule has 3 aromatic rings. The van der Waals surface area contributed by atoms with Gasteiger partial charge in [-0.1, -0.05) is 91.0 Å². The second-order valence-electron chi connectivity index (χ2n) is 8.85. The summed E-state index contributed by atoms with van der Waals surface area (Å²) >= 11 is 1.54. The van der Waals surface area contributed by atoms with Crippen LogP contribution in [0, 0.1) is 0 Å². The Labute approximate surface area is 214 Å². The molecule has 0 bridgehead atoms. The Kier molecular flexibility index (Phi) is 6.91. The molecule has 6 nitrogen and oxygen atoms in total. The summed E-state index contributed by atoms with van der Waals surface area (Å²) in [5, 5.41) is 2.52. The molecule has 2 aliphatic rings. The highest BCUT2D eigenvalue weighted by Crippen LogP contribution is 2.41. The maximum absolute atomic E-state index is 13.5. The average Bonchev–Trinajstić information content (AvgIpc) is 2.91. The van der Waals surface area contributed by atoms with Crippen molar-refractivity contribution in [1.82, 2.24) is 10.2 Å². The topological polar surface area (TPSA) is 75.7 Å². The summed E-state index contributed by atoms with van der Waals surface area (Å²) < 4.78 is 6.04. The smallest absolute Gasteiger partial charge is 0.356 e. The number of thioether (sulfide) groups is 1. The van der Waals surface area contributed by atoms with Gasteiger partial charge in [-0.05, 0) is 29.2 Å². The first-order valence-electron chi connectivity index (χ1n) is 11.8. The fourth-order valence-electron chi connectivity index (χ4n) is 4.52. The van der Waals surface area contributed by atoms with Crippen molar-refractivity contribution in [3.8, 4) is 0 Å². The minimum absolute atomic E-state index is 0.196. The molecule has 1 saturated heterocycles. The number of nitrogens with zero attached hydrogens (tertiary/aromatic N) is 1. The predicted molar refractivity (Wildman–Crippen MR) is 139 cm³/mol. The van der Waals surface area contributed by atoms with E-state index in [0.717, 1.165) is 22.3 Å². The van der Waals surface area contributed by atoms with E-state index in [1.807, 2.05) is 97.9 Å². The van der Waals surface area contributed by atoms with Gasteiger partial charge in [0.1, 0.15) is 17.1 Å². The molecule has 2 atom stereocenters. The van der Waals surface area contributed by atoms with Gasteiger partial charge < -0.3 is 10.1 Å². The number of β-lactam (4-membered cyclic amide) rings is 1. The second-order valence-corrected chi connectivity index (χ2v) is 9.96. The zero-order valence-corrected chi connectivity index (χ0v) is 20.6. The molecule has 0 aromatic heterocycles. The van der Waals surface area contributed by atoms with E-state index in [9.17, 15) is 14.4 Å². The van der Waals surface area contributed by atoms with Gasteiger partial charge >= 0.3 is 5.97 Å². The minimum atomic E-state index is -0.666. The standard InChI is InChI=1S/C29H26N2O4S/c1-19-18-36-28-24(30-23(32)17-20-11-5-2-6-12-20)27(33)31(28)25(19)29(34)35-26(21-13-7-3-8-14-21)22-15-9-4-10-16-22/h2-16,24,26,28H,17-18H2,1H3,(H,30,32). The van der Waals surface area contributed by atoms with Crippen LogP contribution in [0.2, 0.25) is 0 Å². The summed E-state index contributed by atoms with van der Waals surface area (Å²) in [6.45, 7) is 1.84. The number of esters is 1. The van der Waals surface area contributed by atoms with E-state index in [2.05, 4.69) is 5.32 Å². The lowest BCUT2D eigenvalue weighted by Gasteiger charge is -2.49. The molecule has 182 valence electrons. The van der Waals surface area contributed by atoms with Crippen molar-refractivity contribution in [2.45, 2.75) is 30.9 Å². The lowest BCUT2D eigenvalue weighted by molar-refractivity contribution is -0.154. The van der Waals surface area contributed by atoms with Crippen molar-refractivity contribution in [3.63, 3.8) is 0 Å². The molecule has 0 spiro atoms. The van der Waals surface area contributed by atoms with Crippen LogP contribution in [-0.4, -0.2) is 39.9 Å². The first kappa shape index (κ1) is 23.9. The van der Waals surface area contributed by atoms with Crippen molar-refractivity contribution in [1.29, 1.82) is 0 Å². The summed E-state index contributed by atoms with van der Waals surface area (Å²) in [4.78, 5) is 40.7. The fraction of sp³-hybridized carbons (Fsp3) is 0.207. The lowest BCUT2D eigenvalue weighted by atomic mass is 10.0. The lowest BCUT2D eigenvalue weighted by Crippen LogP contribution is -2.70. The molecule has 2 unspecified atom stereocenters. The number of hydrogen-bond donors (Lipinski definition) is 1. The van der Waals surface area contributed by atoms with Crippen molar-refractivity contribution in [2.24, 2.45) is 0 Å². The van der Waals surface area contributed by atoms with Crippen LogP contribution in [0.15, 0.2) is 102 Å². The van der Waals surface area contributed by atoms with Gasteiger partial charge in [0.15, 0.2) is 6.10 Å². The zero-order valence-electron chi connectivity index (χ0n) is 19.8. The molecule has 2 heterocycles. The molecule has 7 heteroatoms. The Bertz CT molecular complexity index is 1260. The van der Waals surface area contributed by atoms with Gasteiger partial charge in [-0.3, -0.25) is 14.5 Å². The van der Waals surface area contributed by atoms with E-state index in [0.29, 0.717) is 5.75 Å². The van der Waals surface area contributed by atoms with E-state index < -0.39 is 18.1 Å². The third-order valence-electron chi connectivity index (χ3n) is 6.31. The molecule has 0 radical (unpaired) electrons. The maximum Gasteiger partial charge on any atom is 0.356 e. The molecule has 5 rings (SSSR count). The third kappa shape index (κ3) is 4.79. The molecular weight excluding hydrogens is 472 g/mol. The molecule has 0 aliphatic carbocycles. The van der Waals surface area contributed by atoms with Crippen LogP contribution in [0.1, 0.15) is 29.7 Å². The number of nitrogens with one attached hydrogen (secondary N) is 1. The quantitative estimate of drug-likeness (QED) is 0.390. The number of fused-ring (bicyclic) bond motifs is 1. The third-order valence-corrected chi connectivity index (χ3v) is 7.73. The largest absolute Gasteiger partial charge is 0.448 e. The van der Waals surface area contributed by atoms with Gasteiger partial charge in [-0.25, -0.2) is 4.79 Å². The fourth-order valence-corrected chi connectivity index (χ4v) is 5.81. The number of carbonyl (C=O) groups excluding carboxylic acids is 3. The first-order valence-corrected chi connectivity index (χ1v) is 12.9. The van der Waals surface area contributed by atoms with Gasteiger partial charge in [0.25, 0.3) is 5.91 Å². The number of hydrogen-bond acceptors (Lipinski definition) is 5. The maximum atomic E-state index is 13.5. The van der Waals surface area contributed by atoms with E-state index >= 15 is 0 Å². The van der Waals surface area contributed by atoms with Crippen LogP contribution in [0.25, 0.3) is 0 Å². The number of carbonyl (C=O) groups is 3. The number of ether oxygens (including phenoxy) is 1. The minimum Gasteiger partial charge on any atom is -0.448 e. The van der Waals surface area contributed by atoms with E-state index in [4.69, 9.17) is 4.74 Å². The average molecular weight is 499 g/mol. The first-order chi connectivity index (χ1) is 17.5. The van der Waals surface area contributed by atoms with Gasteiger partial charge in [-0.2, -0.15) is 0 Å². The van der Waals surface area contributed by atoms with Gasteiger partial charge in [0.2, 0.25) is 5.91 Å². The van der Waals surface area contributed by atoms with Crippen LogP contribution < -0.4 is 5.32 Å². The molecule has 2 aliphatic heterocycles. The van der Waals surface area contributed by atoms with Crippen LogP contribution in [0.5, 0.6) is 0 Å². The number of benzene rings is 3. The van der Waals surface area contributed by atoms with Gasteiger partial charge in [-0.15, -0.1) is 11.8 Å². The number of rotatable bonds is 7. The van der Waals surface area contributed by atoms with Crippen molar-refractivity contribution < 1.29 is 19.1 Å². The normalized spacial score (nSPS) is 18.9. The molecule has 3 aromatic carbocycles. The predicted octanol–water partition coefficient (Wildman–Crippen LogP) is 4.24. The van der Waals surface area contributed by atoms with Crippen molar-refractivity contribution in [2.75, 3.05) is 5.75 Å². The molecule has 2 amide bonds. The van der Waals surface area contributed by atoms with Crippen molar-refractivity contribution in [3.05, 3.63) is 119 Å². The van der Waals surface area contributed by atoms with Crippen LogP contribution >= 0.6 is 11.8 Å². The van der Waals surface area contributed by atoms with Crippen LogP contribution in [0.3, 0.4) is 0 Å². The SMILES string of the molecule is CC1=C(C(=O)OC(c2ccccc2)c2ccccc2)N2C(=O)C(NC(=O)Cc3ccccc3)C2SC1. The molecule has 36 heavy (non-hydrogen) atoms. The molecular formula is C29H26N2O4S. The Hall–Kier alpha value is -3.84. The monoisotopic (exact) mass is 498 g/mol. The Morgan fingerprint density at radius 1 is 0.944 bits per heavy atom. The highest BCUT2D eigenvalue weighted by Gasteiger charge is 2.54. The Morgan fingerprint density at radius 2 is 1.50 bits per heavy atom. The van der Waals surface area contributed by atoms with Gasteiger partial charge in [0.05, 0.1) is 6.42 Å². The second kappa shape index (κ2) is 10.4. The molecule has 1 fully saturated rings. The summed E-state index contributed by atoms with van der Waals surface area (Å²) in [6, 6.07) is 27.8. The van der Waals surface area contributed by atoms with Crippen LogP contribution in [-0.2, 0) is 25.5 Å². The van der Waals surface area contributed by atoms with Crippen molar-refractivity contribution >= 4 is 29.5 Å². The highest BCUT2D eigenvalue weighted by molar-refractivity contribution is 8.00. The summed E-state index contributed by atoms with van der Waals surface area (Å²) in [5.74, 6) is -0.483. The van der Waals surface area contributed by atoms with E-state index in [-0.39, 0.29) is 29.3 Å². The van der Waals surface area contributed by atoms with E-state index in [1.54, 1.807) is 0 Å². The highest BCUT2D eigenvalue weighted by atomic mass is 32.2. The molecule has 1 N–H and O–H groups in total. The van der Waals surface area contributed by atoms with E-state index in [1.165, 1.54) is 16.7 Å².